The second-order valence-electron chi connectivity index (χ2n) is 2.29. The molecule has 3 nitrogen and oxygen atoms in total. The van der Waals surface area contributed by atoms with Crippen LogP contribution < -0.4 is 5.73 Å². The van der Waals surface area contributed by atoms with Gasteiger partial charge in [0.2, 0.25) is 0 Å². The third-order valence-electron chi connectivity index (χ3n) is 1.19. The van der Waals surface area contributed by atoms with E-state index in [0.717, 1.165) is 0 Å². The van der Waals surface area contributed by atoms with Gasteiger partial charge in [-0.15, -0.1) is 17.0 Å². The molecule has 0 aliphatic rings. The van der Waals surface area contributed by atoms with Crippen LogP contribution in [0.15, 0.2) is 0 Å². The molecule has 0 aliphatic carbocycles. The van der Waals surface area contributed by atoms with Crippen molar-refractivity contribution < 1.29 is 9.53 Å². The number of hydrogen-bond donors (Lipinski definition) is 1. The quantitative estimate of drug-likeness (QED) is 0.686. The van der Waals surface area contributed by atoms with E-state index in [1.807, 2.05) is 13.8 Å². The summed E-state index contributed by atoms with van der Waals surface area (Å²) < 4.78 is 4.41. The highest BCUT2D eigenvalue weighted by Gasteiger charge is 2.16. The first-order valence-corrected chi connectivity index (χ1v) is 2.93. The molecule has 0 saturated heterocycles. The summed E-state index contributed by atoms with van der Waals surface area (Å²) in [5.74, 6) is -0.192. The first-order valence-electron chi connectivity index (χ1n) is 2.93. The number of methoxy groups -OCH3 is 1. The summed E-state index contributed by atoms with van der Waals surface area (Å²) >= 11 is 0. The van der Waals surface area contributed by atoms with Gasteiger partial charge in [-0.3, -0.25) is 4.79 Å². The van der Waals surface area contributed by atoms with E-state index in [9.17, 15) is 4.79 Å². The molecule has 0 amide bonds. The smallest absolute Gasteiger partial charge is 0.322 e. The second-order valence-corrected chi connectivity index (χ2v) is 2.29. The zero-order chi connectivity index (χ0) is 7.44. The molecule has 0 fully saturated rings. The van der Waals surface area contributed by atoms with Gasteiger partial charge in [-0.1, -0.05) is 13.8 Å². The topological polar surface area (TPSA) is 52.3 Å². The van der Waals surface area contributed by atoms with Crippen molar-refractivity contribution in [2.24, 2.45) is 11.7 Å². The minimum absolute atomic E-state index is 0. The van der Waals surface area contributed by atoms with E-state index in [2.05, 4.69) is 4.74 Å². The van der Waals surface area contributed by atoms with Crippen LogP contribution in [0.5, 0.6) is 0 Å². The zero-order valence-electron chi connectivity index (χ0n) is 6.46. The summed E-state index contributed by atoms with van der Waals surface area (Å²) in [6.07, 6.45) is 0. The number of ether oxygens (including phenoxy) is 1. The molecule has 10 heavy (non-hydrogen) atoms. The zero-order valence-corrected chi connectivity index (χ0v) is 8.17. The van der Waals surface area contributed by atoms with Crippen molar-refractivity contribution in [3.05, 3.63) is 0 Å². The molecular formula is C6H14BrNO2. The van der Waals surface area contributed by atoms with E-state index in [0.29, 0.717) is 0 Å². The molecule has 0 aromatic rings. The lowest BCUT2D eigenvalue weighted by Crippen LogP contribution is -2.36. The van der Waals surface area contributed by atoms with Crippen LogP contribution in [0.3, 0.4) is 0 Å². The van der Waals surface area contributed by atoms with Crippen LogP contribution in [0.2, 0.25) is 0 Å². The SMILES string of the molecule is Br.COC(=O)[C@@H](N)C(C)C. The lowest BCUT2D eigenvalue weighted by atomic mass is 10.1. The van der Waals surface area contributed by atoms with Crippen LogP contribution in [-0.4, -0.2) is 19.1 Å². The number of hydrogen-bond acceptors (Lipinski definition) is 3. The molecule has 0 saturated carbocycles. The fourth-order valence-electron chi connectivity index (χ4n) is 0.408. The molecule has 0 rings (SSSR count). The Labute approximate surface area is 71.7 Å². The van der Waals surface area contributed by atoms with Crippen molar-refractivity contribution in [3.63, 3.8) is 0 Å². The number of carbonyl (C=O) groups is 1. The fourth-order valence-corrected chi connectivity index (χ4v) is 0.408. The van der Waals surface area contributed by atoms with E-state index in [4.69, 9.17) is 5.73 Å². The maximum Gasteiger partial charge on any atom is 0.322 e. The van der Waals surface area contributed by atoms with Gasteiger partial charge < -0.3 is 10.5 Å². The van der Waals surface area contributed by atoms with Gasteiger partial charge in [0.1, 0.15) is 6.04 Å². The van der Waals surface area contributed by atoms with E-state index in [1.165, 1.54) is 7.11 Å². The summed E-state index contributed by atoms with van der Waals surface area (Å²) in [5, 5.41) is 0. The van der Waals surface area contributed by atoms with Crippen LogP contribution >= 0.6 is 17.0 Å². The first-order chi connectivity index (χ1) is 4.09. The predicted octanol–water partition coefficient (Wildman–Crippen LogP) is 0.721. The molecule has 0 aromatic carbocycles. The van der Waals surface area contributed by atoms with Crippen molar-refractivity contribution in [2.45, 2.75) is 19.9 Å². The average molecular weight is 212 g/mol. The molecule has 4 heteroatoms. The van der Waals surface area contributed by atoms with Gasteiger partial charge >= 0.3 is 5.97 Å². The van der Waals surface area contributed by atoms with Crippen LogP contribution in [0, 0.1) is 5.92 Å². The number of nitrogens with two attached hydrogens (primary N) is 1. The highest BCUT2D eigenvalue weighted by atomic mass is 79.9. The van der Waals surface area contributed by atoms with Gasteiger partial charge in [0.15, 0.2) is 0 Å². The molecular weight excluding hydrogens is 198 g/mol. The Morgan fingerprint density at radius 3 is 2.00 bits per heavy atom. The van der Waals surface area contributed by atoms with Crippen LogP contribution in [-0.2, 0) is 9.53 Å². The average Bonchev–Trinajstić information content (AvgIpc) is 1.84. The second kappa shape index (κ2) is 5.68. The molecule has 2 N–H and O–H groups in total. The van der Waals surface area contributed by atoms with Crippen LogP contribution in [0.25, 0.3) is 0 Å². The standard InChI is InChI=1S/C6H13NO2.BrH/c1-4(2)5(7)6(8)9-3;/h4-5H,7H2,1-3H3;1H/t5-;/m0./s1. The van der Waals surface area contributed by atoms with Gasteiger partial charge in [0.25, 0.3) is 0 Å². The fraction of sp³-hybridized carbons (Fsp3) is 0.833. The molecule has 0 aliphatic heterocycles. The van der Waals surface area contributed by atoms with Gasteiger partial charge in [0.05, 0.1) is 7.11 Å². The maximum absolute atomic E-state index is 10.6. The summed E-state index contributed by atoms with van der Waals surface area (Å²) in [6, 6.07) is -0.477. The summed E-state index contributed by atoms with van der Waals surface area (Å²) in [7, 11) is 1.34. The maximum atomic E-state index is 10.6. The highest BCUT2D eigenvalue weighted by molar-refractivity contribution is 8.93. The first kappa shape index (κ1) is 12.6. The van der Waals surface area contributed by atoms with Gasteiger partial charge in [-0.05, 0) is 5.92 Å². The van der Waals surface area contributed by atoms with Gasteiger partial charge in [-0.2, -0.15) is 0 Å². The van der Waals surface area contributed by atoms with E-state index < -0.39 is 6.04 Å². The van der Waals surface area contributed by atoms with Crippen LogP contribution in [0.4, 0.5) is 0 Å². The number of esters is 1. The molecule has 1 atom stereocenters. The highest BCUT2D eigenvalue weighted by Crippen LogP contribution is 1.98. The predicted molar refractivity (Wildman–Crippen MR) is 45.2 cm³/mol. The van der Waals surface area contributed by atoms with Crippen molar-refractivity contribution in [3.8, 4) is 0 Å². The van der Waals surface area contributed by atoms with Crippen molar-refractivity contribution in [2.75, 3.05) is 7.11 Å². The van der Waals surface area contributed by atoms with Crippen molar-refractivity contribution in [1.29, 1.82) is 0 Å². The minimum Gasteiger partial charge on any atom is -0.468 e. The number of halogens is 1. The van der Waals surface area contributed by atoms with E-state index in [1.54, 1.807) is 0 Å². The lowest BCUT2D eigenvalue weighted by molar-refractivity contribution is -0.143. The Bertz CT molecular complexity index is 106. The van der Waals surface area contributed by atoms with Gasteiger partial charge in [0, 0.05) is 0 Å². The largest absolute Gasteiger partial charge is 0.468 e. The molecule has 0 spiro atoms. The molecule has 0 heterocycles. The monoisotopic (exact) mass is 211 g/mol. The molecule has 0 bridgehead atoms. The molecule has 0 unspecified atom stereocenters. The Hall–Kier alpha value is -0.0900. The number of carbonyl (C=O) groups excluding carboxylic acids is 1. The summed E-state index contributed by atoms with van der Waals surface area (Å²) in [6.45, 7) is 3.75. The Balaban J connectivity index is 0. The Morgan fingerprint density at radius 2 is 1.90 bits per heavy atom. The molecule has 62 valence electrons. The third kappa shape index (κ3) is 3.85. The van der Waals surface area contributed by atoms with E-state index in [-0.39, 0.29) is 28.9 Å². The number of rotatable bonds is 2. The van der Waals surface area contributed by atoms with E-state index >= 15 is 0 Å². The van der Waals surface area contributed by atoms with Crippen molar-refractivity contribution >= 4 is 23.0 Å². The third-order valence-corrected chi connectivity index (χ3v) is 1.19. The van der Waals surface area contributed by atoms with Crippen molar-refractivity contribution in [1.82, 2.24) is 0 Å². The summed E-state index contributed by atoms with van der Waals surface area (Å²) in [4.78, 5) is 10.6. The molecule has 0 aromatic heterocycles. The summed E-state index contributed by atoms with van der Waals surface area (Å²) in [5.41, 5.74) is 5.40. The normalized spacial score (nSPS) is 12.1. The molecule has 0 radical (unpaired) electrons. The minimum atomic E-state index is -0.477. The Kier molecular flexibility index (Phi) is 7.14. The Morgan fingerprint density at radius 1 is 1.50 bits per heavy atom. The lowest BCUT2D eigenvalue weighted by Gasteiger charge is -2.11. The van der Waals surface area contributed by atoms with Gasteiger partial charge in [-0.25, -0.2) is 0 Å². The van der Waals surface area contributed by atoms with Crippen LogP contribution in [0.1, 0.15) is 13.8 Å².